The second kappa shape index (κ2) is 4.09. The molecule has 0 heterocycles. The zero-order valence-corrected chi connectivity index (χ0v) is 7.08. The number of carbonyl (C=O) groups is 1. The second-order valence-electron chi connectivity index (χ2n) is 2.61. The van der Waals surface area contributed by atoms with Gasteiger partial charge in [0, 0.05) is 0 Å². The fourth-order valence-electron chi connectivity index (χ4n) is 0.934. The predicted octanol–water partition coefficient (Wildman–Crippen LogP) is 2.92. The number of halogens is 3. The average Bonchev–Trinajstić information content (AvgIpc) is 2.14. The highest BCUT2D eigenvalue weighted by Gasteiger charge is 2.29. The van der Waals surface area contributed by atoms with Crippen LogP contribution in [0.5, 0.6) is 0 Å². The van der Waals surface area contributed by atoms with Crippen LogP contribution in [-0.4, -0.2) is 6.29 Å². The van der Waals surface area contributed by atoms with E-state index < -0.39 is 11.7 Å². The fourth-order valence-corrected chi connectivity index (χ4v) is 0.934. The van der Waals surface area contributed by atoms with Crippen molar-refractivity contribution in [3.8, 4) is 0 Å². The predicted molar refractivity (Wildman–Crippen MR) is 46.5 cm³/mol. The summed E-state index contributed by atoms with van der Waals surface area (Å²) in [6.07, 6.45) is -1.08. The van der Waals surface area contributed by atoms with Gasteiger partial charge in [0.25, 0.3) is 0 Å². The molecule has 0 radical (unpaired) electrons. The summed E-state index contributed by atoms with van der Waals surface area (Å²) in [4.78, 5) is 9.94. The summed E-state index contributed by atoms with van der Waals surface area (Å²) in [7, 11) is 0. The summed E-state index contributed by atoms with van der Waals surface area (Å²) in [5, 5.41) is 0. The van der Waals surface area contributed by atoms with E-state index in [2.05, 4.69) is 0 Å². The quantitative estimate of drug-likeness (QED) is 0.530. The van der Waals surface area contributed by atoms with Gasteiger partial charge in [0.05, 0.1) is 5.56 Å². The van der Waals surface area contributed by atoms with Crippen LogP contribution in [0.4, 0.5) is 13.2 Å². The lowest BCUT2D eigenvalue weighted by atomic mass is 10.1. The topological polar surface area (TPSA) is 17.1 Å². The van der Waals surface area contributed by atoms with E-state index in [0.717, 1.165) is 12.1 Å². The first-order valence-electron chi connectivity index (χ1n) is 3.83. The first kappa shape index (κ1) is 10.5. The van der Waals surface area contributed by atoms with Crippen molar-refractivity contribution in [3.05, 3.63) is 41.5 Å². The van der Waals surface area contributed by atoms with Gasteiger partial charge in [0.1, 0.15) is 6.29 Å². The first-order chi connectivity index (χ1) is 6.54. The molecule has 1 rings (SSSR count). The molecule has 0 aromatic heterocycles. The molecular weight excluding hydrogens is 193 g/mol. The van der Waals surface area contributed by atoms with Gasteiger partial charge in [0.2, 0.25) is 0 Å². The van der Waals surface area contributed by atoms with Crippen molar-refractivity contribution in [1.82, 2.24) is 0 Å². The van der Waals surface area contributed by atoms with E-state index in [-0.39, 0.29) is 0 Å². The molecule has 1 aromatic rings. The van der Waals surface area contributed by atoms with Gasteiger partial charge in [-0.25, -0.2) is 0 Å². The molecule has 1 nitrogen and oxygen atoms in total. The summed E-state index contributed by atoms with van der Waals surface area (Å²) in [6, 6.07) is 4.57. The van der Waals surface area contributed by atoms with E-state index in [0.29, 0.717) is 11.8 Å². The number of carbonyl (C=O) groups excluding carboxylic acids is 1. The molecule has 0 fully saturated rings. The molecule has 0 N–H and O–H groups in total. The van der Waals surface area contributed by atoms with E-state index in [9.17, 15) is 18.0 Å². The van der Waals surface area contributed by atoms with Crippen LogP contribution in [-0.2, 0) is 11.0 Å². The number of hydrogen-bond acceptors (Lipinski definition) is 1. The third-order valence-electron chi connectivity index (χ3n) is 1.61. The molecule has 0 aliphatic carbocycles. The molecule has 0 aliphatic rings. The second-order valence-corrected chi connectivity index (χ2v) is 2.61. The van der Waals surface area contributed by atoms with Crippen molar-refractivity contribution in [1.29, 1.82) is 0 Å². The Bertz CT molecular complexity index is 335. The molecule has 0 bridgehead atoms. The maximum atomic E-state index is 12.1. The van der Waals surface area contributed by atoms with Crippen LogP contribution >= 0.6 is 0 Å². The monoisotopic (exact) mass is 200 g/mol. The van der Waals surface area contributed by atoms with Crippen molar-refractivity contribution < 1.29 is 18.0 Å². The number of allylic oxidation sites excluding steroid dienone is 1. The highest BCUT2D eigenvalue weighted by molar-refractivity contribution is 5.73. The molecule has 14 heavy (non-hydrogen) atoms. The molecule has 0 atom stereocenters. The van der Waals surface area contributed by atoms with Gasteiger partial charge >= 0.3 is 6.18 Å². The van der Waals surface area contributed by atoms with E-state index >= 15 is 0 Å². The molecule has 0 spiro atoms. The summed E-state index contributed by atoms with van der Waals surface area (Å²) in [6.45, 7) is 0. The maximum Gasteiger partial charge on any atom is 0.416 e. The molecule has 1 aromatic carbocycles. The summed E-state index contributed by atoms with van der Waals surface area (Å²) < 4.78 is 36.3. The Kier molecular flexibility index (Phi) is 3.06. The number of benzene rings is 1. The fraction of sp³-hybridized carbons (Fsp3) is 0.100. The van der Waals surface area contributed by atoms with Crippen LogP contribution < -0.4 is 0 Å². The van der Waals surface area contributed by atoms with Gasteiger partial charge in [-0.2, -0.15) is 13.2 Å². The Labute approximate surface area is 78.9 Å². The lowest BCUT2D eigenvalue weighted by molar-refractivity contribution is -0.137. The summed E-state index contributed by atoms with van der Waals surface area (Å²) >= 11 is 0. The Morgan fingerprint density at radius 3 is 2.07 bits per heavy atom. The zero-order chi connectivity index (χ0) is 10.6. The molecule has 0 saturated heterocycles. The van der Waals surface area contributed by atoms with E-state index in [1.54, 1.807) is 0 Å². The van der Waals surface area contributed by atoms with Crippen LogP contribution in [0.1, 0.15) is 11.1 Å². The minimum absolute atomic E-state index is 0.560. The van der Waals surface area contributed by atoms with Crippen LogP contribution in [0.3, 0.4) is 0 Å². The Balaban J connectivity index is 2.89. The van der Waals surface area contributed by atoms with Crippen molar-refractivity contribution in [2.75, 3.05) is 0 Å². The van der Waals surface area contributed by atoms with Crippen molar-refractivity contribution in [3.63, 3.8) is 0 Å². The molecule has 74 valence electrons. The molecule has 0 aliphatic heterocycles. The van der Waals surface area contributed by atoms with Gasteiger partial charge < -0.3 is 0 Å². The van der Waals surface area contributed by atoms with E-state index in [1.165, 1.54) is 24.3 Å². The van der Waals surface area contributed by atoms with Gasteiger partial charge in [0.15, 0.2) is 0 Å². The molecule has 0 saturated carbocycles. The third-order valence-corrected chi connectivity index (χ3v) is 1.61. The van der Waals surface area contributed by atoms with Gasteiger partial charge in [-0.1, -0.05) is 18.2 Å². The van der Waals surface area contributed by atoms with E-state index in [4.69, 9.17) is 0 Å². The average molecular weight is 200 g/mol. The van der Waals surface area contributed by atoms with Crippen LogP contribution in [0.15, 0.2) is 30.3 Å². The lowest BCUT2D eigenvalue weighted by Crippen LogP contribution is -2.03. The molecule has 0 amide bonds. The largest absolute Gasteiger partial charge is 0.416 e. The third kappa shape index (κ3) is 2.73. The Hall–Kier alpha value is -1.58. The normalized spacial score (nSPS) is 11.9. The Morgan fingerprint density at radius 2 is 1.64 bits per heavy atom. The highest BCUT2D eigenvalue weighted by Crippen LogP contribution is 2.29. The van der Waals surface area contributed by atoms with Crippen molar-refractivity contribution in [2.24, 2.45) is 0 Å². The van der Waals surface area contributed by atoms with Crippen LogP contribution in [0.25, 0.3) is 6.08 Å². The minimum Gasteiger partial charge on any atom is -0.299 e. The minimum atomic E-state index is -4.31. The smallest absolute Gasteiger partial charge is 0.299 e. The van der Waals surface area contributed by atoms with Gasteiger partial charge in [-0.05, 0) is 23.8 Å². The molecule has 4 heteroatoms. The first-order valence-corrected chi connectivity index (χ1v) is 3.83. The van der Waals surface area contributed by atoms with Crippen LogP contribution in [0.2, 0.25) is 0 Å². The van der Waals surface area contributed by atoms with Gasteiger partial charge in [-0.15, -0.1) is 0 Å². The molecular formula is C10H7F3O. The lowest BCUT2D eigenvalue weighted by Gasteiger charge is -2.05. The van der Waals surface area contributed by atoms with Crippen molar-refractivity contribution >= 4 is 12.4 Å². The summed E-state index contributed by atoms with van der Waals surface area (Å²) in [5.41, 5.74) is -0.133. The number of hydrogen-bond donors (Lipinski definition) is 0. The standard InChI is InChI=1S/C10H7F3O/c11-10(12,13)9-5-3-8(4-6-9)2-1-7-14/h1-7H. The van der Waals surface area contributed by atoms with E-state index in [1.807, 2.05) is 0 Å². The highest BCUT2D eigenvalue weighted by atomic mass is 19.4. The van der Waals surface area contributed by atoms with Gasteiger partial charge in [-0.3, -0.25) is 4.79 Å². The number of alkyl halides is 3. The zero-order valence-electron chi connectivity index (χ0n) is 7.08. The summed E-state index contributed by atoms with van der Waals surface area (Å²) in [5.74, 6) is 0. The van der Waals surface area contributed by atoms with Crippen molar-refractivity contribution in [2.45, 2.75) is 6.18 Å². The maximum absolute atomic E-state index is 12.1. The number of rotatable bonds is 2. The Morgan fingerprint density at radius 1 is 1.07 bits per heavy atom. The molecule has 0 unspecified atom stereocenters. The number of aldehydes is 1. The van der Waals surface area contributed by atoms with Crippen LogP contribution in [0, 0.1) is 0 Å². The SMILES string of the molecule is O=CC=Cc1ccc(C(F)(F)F)cc1.